The van der Waals surface area contributed by atoms with E-state index in [1.807, 2.05) is 0 Å². The van der Waals surface area contributed by atoms with Crippen molar-refractivity contribution in [2.75, 3.05) is 0 Å². The van der Waals surface area contributed by atoms with E-state index in [1.54, 1.807) is 0 Å². The average molecular weight is 200 g/mol. The van der Waals surface area contributed by atoms with Crippen LogP contribution in [0.3, 0.4) is 0 Å². The third-order valence-electron chi connectivity index (χ3n) is 2.32. The maximum atomic E-state index is 2.22. The highest BCUT2D eigenvalue weighted by Crippen LogP contribution is 2.15. The summed E-state index contributed by atoms with van der Waals surface area (Å²) in [6.07, 6.45) is 6.35. The first kappa shape index (κ1) is 11.8. The molecule has 0 atom stereocenters. The number of hydrogen-bond donors (Lipinski definition) is 0. The molecule has 0 aliphatic heterocycles. The lowest BCUT2D eigenvalue weighted by Gasteiger charge is -2.04. The lowest BCUT2D eigenvalue weighted by atomic mass is 10.0. The zero-order valence-electron chi connectivity index (χ0n) is 10.1. The van der Waals surface area contributed by atoms with E-state index < -0.39 is 0 Å². The molecular weight excluding hydrogens is 180 g/mol. The van der Waals surface area contributed by atoms with E-state index in [4.69, 9.17) is 0 Å². The molecule has 80 valence electrons. The molecule has 0 unspecified atom stereocenters. The van der Waals surface area contributed by atoms with Crippen LogP contribution in [0.25, 0.3) is 6.08 Å². The molecule has 0 N–H and O–H groups in total. The molecule has 1 rings (SSSR count). The number of rotatable bonds is 3. The van der Waals surface area contributed by atoms with Crippen LogP contribution < -0.4 is 0 Å². The maximum Gasteiger partial charge on any atom is -0.0219 e. The molecule has 0 nitrogen and oxygen atoms in total. The molecule has 1 aromatic carbocycles. The van der Waals surface area contributed by atoms with Gasteiger partial charge >= 0.3 is 0 Å². The van der Waals surface area contributed by atoms with Gasteiger partial charge < -0.3 is 0 Å². The van der Waals surface area contributed by atoms with Crippen LogP contribution in [0, 0.1) is 0 Å². The van der Waals surface area contributed by atoms with Gasteiger partial charge in [-0.1, -0.05) is 61.9 Å². The van der Waals surface area contributed by atoms with Gasteiger partial charge in [0.05, 0.1) is 0 Å². The Hall–Kier alpha value is -1.30. The second kappa shape index (κ2) is 5.55. The van der Waals surface area contributed by atoms with E-state index in [2.05, 4.69) is 70.2 Å². The predicted molar refractivity (Wildman–Crippen MR) is 69.0 cm³/mol. The summed E-state index contributed by atoms with van der Waals surface area (Å²) in [6.45, 7) is 8.64. The minimum absolute atomic E-state index is 0.612. The normalized spacial score (nSPS) is 11.0. The van der Waals surface area contributed by atoms with E-state index in [9.17, 15) is 0 Å². The average Bonchev–Trinajstić information content (AvgIpc) is 2.18. The quantitative estimate of drug-likeness (QED) is 0.615. The first-order valence-corrected chi connectivity index (χ1v) is 5.51. The number of hydrogen-bond acceptors (Lipinski definition) is 0. The lowest BCUT2D eigenvalue weighted by molar-refractivity contribution is 0.866. The van der Waals surface area contributed by atoms with Crippen molar-refractivity contribution in [3.05, 3.63) is 53.1 Å². The largest absolute Gasteiger partial charge is 0.0764 e. The summed E-state index contributed by atoms with van der Waals surface area (Å²) in [5.41, 5.74) is 3.98. The van der Waals surface area contributed by atoms with Gasteiger partial charge in [0.1, 0.15) is 0 Å². The Morgan fingerprint density at radius 2 is 1.67 bits per heavy atom. The molecule has 1 aromatic rings. The summed E-state index contributed by atoms with van der Waals surface area (Å²) >= 11 is 0. The molecule has 0 spiro atoms. The summed E-state index contributed by atoms with van der Waals surface area (Å²) in [5.74, 6) is 0.612. The van der Waals surface area contributed by atoms with Crippen molar-refractivity contribution in [2.24, 2.45) is 0 Å². The van der Waals surface area contributed by atoms with Gasteiger partial charge in [-0.05, 0) is 30.9 Å². The molecular formula is C15H20. The van der Waals surface area contributed by atoms with E-state index in [-0.39, 0.29) is 0 Å². The monoisotopic (exact) mass is 200 g/mol. The second-order valence-electron chi connectivity index (χ2n) is 4.42. The predicted octanol–water partition coefficient (Wildman–Crippen LogP) is 4.79. The highest BCUT2D eigenvalue weighted by molar-refractivity contribution is 5.51. The first-order chi connectivity index (χ1) is 7.09. The standard InChI is InChI=1S/C15H20/c1-12(2)6-5-7-14-8-10-15(11-9-14)13(3)4/h5-11,13H,1-4H3/b7-5+. The summed E-state index contributed by atoms with van der Waals surface area (Å²) in [5, 5.41) is 0. The molecule has 0 radical (unpaired) electrons. The van der Waals surface area contributed by atoms with Crippen LogP contribution >= 0.6 is 0 Å². The molecule has 0 saturated heterocycles. The highest BCUT2D eigenvalue weighted by Gasteiger charge is 1.96. The summed E-state index contributed by atoms with van der Waals surface area (Å²) in [7, 11) is 0. The Morgan fingerprint density at radius 3 is 2.13 bits per heavy atom. The van der Waals surface area contributed by atoms with Gasteiger partial charge in [0, 0.05) is 0 Å². The van der Waals surface area contributed by atoms with E-state index >= 15 is 0 Å². The molecule has 0 amide bonds. The minimum atomic E-state index is 0.612. The van der Waals surface area contributed by atoms with Crippen LogP contribution in [-0.4, -0.2) is 0 Å². The van der Waals surface area contributed by atoms with Crippen molar-refractivity contribution < 1.29 is 0 Å². The first-order valence-electron chi connectivity index (χ1n) is 5.51. The Kier molecular flexibility index (Phi) is 4.36. The van der Waals surface area contributed by atoms with Crippen molar-refractivity contribution in [1.82, 2.24) is 0 Å². The van der Waals surface area contributed by atoms with Gasteiger partial charge in [0.15, 0.2) is 0 Å². The smallest absolute Gasteiger partial charge is 0.0219 e. The summed E-state index contributed by atoms with van der Waals surface area (Å²) < 4.78 is 0. The van der Waals surface area contributed by atoms with Crippen molar-refractivity contribution in [3.63, 3.8) is 0 Å². The molecule has 0 heteroatoms. The summed E-state index contributed by atoms with van der Waals surface area (Å²) in [4.78, 5) is 0. The van der Waals surface area contributed by atoms with E-state index in [0.717, 1.165) is 0 Å². The van der Waals surface area contributed by atoms with Crippen LogP contribution in [0.1, 0.15) is 44.7 Å². The molecule has 0 saturated carbocycles. The minimum Gasteiger partial charge on any atom is -0.0764 e. The van der Waals surface area contributed by atoms with Gasteiger partial charge in [-0.25, -0.2) is 0 Å². The maximum absolute atomic E-state index is 2.22. The van der Waals surface area contributed by atoms with Crippen molar-refractivity contribution in [1.29, 1.82) is 0 Å². The van der Waals surface area contributed by atoms with Crippen molar-refractivity contribution >= 4 is 6.08 Å². The molecule has 15 heavy (non-hydrogen) atoms. The number of allylic oxidation sites excluding steroid dienone is 3. The topological polar surface area (TPSA) is 0 Å². The lowest BCUT2D eigenvalue weighted by Crippen LogP contribution is -1.85. The Labute approximate surface area is 93.3 Å². The molecule has 0 bridgehead atoms. The summed E-state index contributed by atoms with van der Waals surface area (Å²) in [6, 6.07) is 8.75. The molecule has 0 aliphatic carbocycles. The molecule has 0 fully saturated rings. The fraction of sp³-hybridized carbons (Fsp3) is 0.333. The SMILES string of the molecule is CC(C)=C/C=C/c1ccc(C(C)C)cc1. The van der Waals surface area contributed by atoms with Crippen LogP contribution in [0.15, 0.2) is 42.0 Å². The van der Waals surface area contributed by atoms with E-state index in [0.29, 0.717) is 5.92 Å². The van der Waals surface area contributed by atoms with Crippen LogP contribution in [0.5, 0.6) is 0 Å². The van der Waals surface area contributed by atoms with Gasteiger partial charge in [-0.15, -0.1) is 0 Å². The Morgan fingerprint density at radius 1 is 1.07 bits per heavy atom. The van der Waals surface area contributed by atoms with Gasteiger partial charge in [0.2, 0.25) is 0 Å². The third-order valence-corrected chi connectivity index (χ3v) is 2.32. The molecule has 0 aliphatic rings. The highest BCUT2D eigenvalue weighted by atomic mass is 14.0. The van der Waals surface area contributed by atoms with Gasteiger partial charge in [-0.2, -0.15) is 0 Å². The zero-order valence-corrected chi connectivity index (χ0v) is 10.1. The Bertz CT molecular complexity index is 346. The van der Waals surface area contributed by atoms with Crippen LogP contribution in [0.4, 0.5) is 0 Å². The van der Waals surface area contributed by atoms with Gasteiger partial charge in [0.25, 0.3) is 0 Å². The van der Waals surface area contributed by atoms with Crippen LogP contribution in [-0.2, 0) is 0 Å². The second-order valence-corrected chi connectivity index (χ2v) is 4.42. The zero-order chi connectivity index (χ0) is 11.3. The van der Waals surface area contributed by atoms with Gasteiger partial charge in [-0.3, -0.25) is 0 Å². The Balaban J connectivity index is 2.73. The third kappa shape index (κ3) is 4.16. The fourth-order valence-corrected chi connectivity index (χ4v) is 1.34. The molecule has 0 aromatic heterocycles. The fourth-order valence-electron chi connectivity index (χ4n) is 1.34. The van der Waals surface area contributed by atoms with Crippen molar-refractivity contribution in [3.8, 4) is 0 Å². The number of benzene rings is 1. The van der Waals surface area contributed by atoms with E-state index in [1.165, 1.54) is 16.7 Å². The van der Waals surface area contributed by atoms with Crippen molar-refractivity contribution in [2.45, 2.75) is 33.6 Å². The van der Waals surface area contributed by atoms with Crippen LogP contribution in [0.2, 0.25) is 0 Å². The molecule has 0 heterocycles.